The summed E-state index contributed by atoms with van der Waals surface area (Å²) in [4.78, 5) is 32.1. The molecule has 0 bridgehead atoms. The maximum absolute atomic E-state index is 13.5. The van der Waals surface area contributed by atoms with Gasteiger partial charge in [-0.25, -0.2) is 0 Å². The number of benzene rings is 2. The van der Waals surface area contributed by atoms with Crippen molar-refractivity contribution >= 4 is 29.1 Å². The lowest BCUT2D eigenvalue weighted by Gasteiger charge is -2.41. The number of hydrogen-bond donors (Lipinski definition) is 0. The summed E-state index contributed by atoms with van der Waals surface area (Å²) in [5, 5.41) is 0.716. The Kier molecular flexibility index (Phi) is 6.05. The van der Waals surface area contributed by atoms with Crippen molar-refractivity contribution in [2.24, 2.45) is 0 Å². The molecule has 152 valence electrons. The number of nitrogens with zero attached hydrogens (tertiary/aromatic N) is 3. The van der Waals surface area contributed by atoms with Crippen molar-refractivity contribution in [3.63, 3.8) is 0 Å². The van der Waals surface area contributed by atoms with Crippen molar-refractivity contribution in [2.45, 2.75) is 25.3 Å². The van der Waals surface area contributed by atoms with Gasteiger partial charge in [0.25, 0.3) is 0 Å². The lowest BCUT2D eigenvalue weighted by Crippen LogP contribution is -2.53. The van der Waals surface area contributed by atoms with Crippen LogP contribution in [0.15, 0.2) is 54.6 Å². The number of anilines is 1. The molecule has 2 aromatic rings. The molecular formula is C23H26ClN3O2. The van der Waals surface area contributed by atoms with E-state index >= 15 is 0 Å². The van der Waals surface area contributed by atoms with Gasteiger partial charge in [0.15, 0.2) is 0 Å². The van der Waals surface area contributed by atoms with E-state index in [0.29, 0.717) is 31.1 Å². The summed E-state index contributed by atoms with van der Waals surface area (Å²) >= 11 is 6.12. The molecule has 0 saturated carbocycles. The highest BCUT2D eigenvalue weighted by Gasteiger charge is 2.36. The third-order valence-electron chi connectivity index (χ3n) is 5.79. The molecule has 2 saturated heterocycles. The molecule has 0 spiro atoms. The van der Waals surface area contributed by atoms with E-state index < -0.39 is 6.04 Å². The second-order valence-corrected chi connectivity index (χ2v) is 8.09. The standard InChI is InChI=1S/C23H26ClN3O2/c24-19-9-6-10-20(17-19)25-13-15-26(16-14-25)23(29)22(18-7-2-1-3-8-18)27-12-5-4-11-21(27)28/h1-3,6-10,17,22H,4-5,11-16H2. The molecule has 2 aliphatic heterocycles. The van der Waals surface area contributed by atoms with Crippen LogP contribution < -0.4 is 4.90 Å². The molecule has 6 heteroatoms. The molecule has 0 aliphatic carbocycles. The quantitative estimate of drug-likeness (QED) is 0.769. The highest BCUT2D eigenvalue weighted by molar-refractivity contribution is 6.30. The van der Waals surface area contributed by atoms with Crippen LogP contribution in [0.2, 0.25) is 5.02 Å². The van der Waals surface area contributed by atoms with Crippen molar-refractivity contribution in [3.05, 3.63) is 65.2 Å². The lowest BCUT2D eigenvalue weighted by molar-refractivity contribution is -0.148. The maximum Gasteiger partial charge on any atom is 0.250 e. The van der Waals surface area contributed by atoms with E-state index in [-0.39, 0.29) is 11.8 Å². The van der Waals surface area contributed by atoms with Crippen LogP contribution in [0.1, 0.15) is 30.9 Å². The van der Waals surface area contributed by atoms with Gasteiger partial charge in [0.2, 0.25) is 11.8 Å². The van der Waals surface area contributed by atoms with E-state index in [4.69, 9.17) is 11.6 Å². The monoisotopic (exact) mass is 411 g/mol. The molecule has 1 unspecified atom stereocenters. The van der Waals surface area contributed by atoms with Crippen LogP contribution in [0.4, 0.5) is 5.69 Å². The third kappa shape index (κ3) is 4.40. The Morgan fingerprint density at radius 1 is 0.897 bits per heavy atom. The van der Waals surface area contributed by atoms with Gasteiger partial charge in [-0.15, -0.1) is 0 Å². The molecule has 4 rings (SSSR count). The van der Waals surface area contributed by atoms with Gasteiger partial charge in [-0.1, -0.05) is 48.0 Å². The van der Waals surface area contributed by atoms with Gasteiger partial charge in [0, 0.05) is 49.9 Å². The molecule has 2 fully saturated rings. The van der Waals surface area contributed by atoms with E-state index in [1.54, 1.807) is 4.90 Å². The average Bonchev–Trinajstić information content (AvgIpc) is 2.76. The van der Waals surface area contributed by atoms with Crippen molar-refractivity contribution < 1.29 is 9.59 Å². The molecule has 0 N–H and O–H groups in total. The molecule has 2 aromatic carbocycles. The second-order valence-electron chi connectivity index (χ2n) is 7.65. The van der Waals surface area contributed by atoms with Crippen LogP contribution in [-0.4, -0.2) is 54.3 Å². The van der Waals surface area contributed by atoms with Gasteiger partial charge in [0.1, 0.15) is 6.04 Å². The van der Waals surface area contributed by atoms with Crippen LogP contribution in [0, 0.1) is 0 Å². The number of hydrogen-bond acceptors (Lipinski definition) is 3. The van der Waals surface area contributed by atoms with E-state index in [9.17, 15) is 9.59 Å². The fourth-order valence-electron chi connectivity index (χ4n) is 4.22. The number of rotatable bonds is 4. The Morgan fingerprint density at radius 3 is 2.34 bits per heavy atom. The van der Waals surface area contributed by atoms with Gasteiger partial charge in [-0.3, -0.25) is 9.59 Å². The molecule has 0 radical (unpaired) electrons. The van der Waals surface area contributed by atoms with Gasteiger partial charge in [0.05, 0.1) is 0 Å². The highest BCUT2D eigenvalue weighted by atomic mass is 35.5. The Balaban J connectivity index is 1.50. The summed E-state index contributed by atoms with van der Waals surface area (Å²) in [6.45, 7) is 3.42. The molecule has 29 heavy (non-hydrogen) atoms. The molecular weight excluding hydrogens is 386 g/mol. The number of amides is 2. The van der Waals surface area contributed by atoms with Gasteiger partial charge >= 0.3 is 0 Å². The zero-order valence-electron chi connectivity index (χ0n) is 16.5. The van der Waals surface area contributed by atoms with E-state index in [0.717, 1.165) is 37.2 Å². The fraction of sp³-hybridized carbons (Fsp3) is 0.391. The summed E-state index contributed by atoms with van der Waals surface area (Å²) in [5.74, 6) is 0.105. The van der Waals surface area contributed by atoms with Crippen molar-refractivity contribution in [1.82, 2.24) is 9.80 Å². The molecule has 2 amide bonds. The van der Waals surface area contributed by atoms with Crippen LogP contribution in [0.5, 0.6) is 0 Å². The molecule has 0 aromatic heterocycles. The first-order valence-corrected chi connectivity index (χ1v) is 10.6. The Hall–Kier alpha value is -2.53. The lowest BCUT2D eigenvalue weighted by atomic mass is 9.99. The van der Waals surface area contributed by atoms with Crippen molar-refractivity contribution in [2.75, 3.05) is 37.6 Å². The molecule has 2 aliphatic rings. The predicted octanol–water partition coefficient (Wildman–Crippen LogP) is 3.74. The Morgan fingerprint density at radius 2 is 1.66 bits per heavy atom. The first-order chi connectivity index (χ1) is 14.1. The molecule has 5 nitrogen and oxygen atoms in total. The molecule has 2 heterocycles. The van der Waals surface area contributed by atoms with E-state index in [1.807, 2.05) is 59.5 Å². The third-order valence-corrected chi connectivity index (χ3v) is 6.02. The minimum Gasteiger partial charge on any atom is -0.368 e. The minimum atomic E-state index is -0.526. The summed E-state index contributed by atoms with van der Waals surface area (Å²) in [5.41, 5.74) is 1.97. The molecule has 1 atom stereocenters. The zero-order valence-corrected chi connectivity index (χ0v) is 17.2. The first kappa shape index (κ1) is 19.8. The van der Waals surface area contributed by atoms with Gasteiger partial charge < -0.3 is 14.7 Å². The Labute approximate surface area is 176 Å². The number of carbonyl (C=O) groups excluding carboxylic acids is 2. The van der Waals surface area contributed by atoms with Crippen LogP contribution in [0.25, 0.3) is 0 Å². The number of piperazine rings is 1. The van der Waals surface area contributed by atoms with Crippen LogP contribution in [-0.2, 0) is 9.59 Å². The summed E-state index contributed by atoms with van der Waals surface area (Å²) < 4.78 is 0. The largest absolute Gasteiger partial charge is 0.368 e. The van der Waals surface area contributed by atoms with E-state index in [2.05, 4.69) is 4.90 Å². The number of piperidine rings is 1. The first-order valence-electron chi connectivity index (χ1n) is 10.3. The van der Waals surface area contributed by atoms with E-state index in [1.165, 1.54) is 0 Å². The SMILES string of the molecule is O=C(C(c1ccccc1)N1CCCCC1=O)N1CCN(c2cccc(Cl)c2)CC1. The highest BCUT2D eigenvalue weighted by Crippen LogP contribution is 2.28. The van der Waals surface area contributed by atoms with Gasteiger partial charge in [-0.05, 0) is 36.6 Å². The van der Waals surface area contributed by atoms with Gasteiger partial charge in [-0.2, -0.15) is 0 Å². The van der Waals surface area contributed by atoms with Crippen molar-refractivity contribution in [3.8, 4) is 0 Å². The van der Waals surface area contributed by atoms with Crippen molar-refractivity contribution in [1.29, 1.82) is 0 Å². The number of likely N-dealkylation sites (tertiary alicyclic amines) is 1. The number of carbonyl (C=O) groups is 2. The minimum absolute atomic E-state index is 0.0252. The van der Waals surface area contributed by atoms with Crippen LogP contribution in [0.3, 0.4) is 0 Å². The smallest absolute Gasteiger partial charge is 0.250 e. The summed E-state index contributed by atoms with van der Waals surface area (Å²) in [6, 6.07) is 17.0. The fourth-order valence-corrected chi connectivity index (χ4v) is 4.41. The topological polar surface area (TPSA) is 43.9 Å². The Bertz CT molecular complexity index is 865. The zero-order chi connectivity index (χ0) is 20.2. The normalized spacial score (nSPS) is 18.7. The average molecular weight is 412 g/mol. The number of halogens is 1. The second kappa shape index (κ2) is 8.87. The predicted molar refractivity (Wildman–Crippen MR) is 115 cm³/mol. The summed E-state index contributed by atoms with van der Waals surface area (Å²) in [6.07, 6.45) is 2.38. The van der Waals surface area contributed by atoms with Crippen LogP contribution >= 0.6 is 11.6 Å². The maximum atomic E-state index is 13.5. The summed E-state index contributed by atoms with van der Waals surface area (Å²) in [7, 11) is 0.